The first-order valence-electron chi connectivity index (χ1n) is 7.30. The fourth-order valence-electron chi connectivity index (χ4n) is 2.51. The molecule has 1 saturated carbocycles. The Balaban J connectivity index is 2.06. The van der Waals surface area contributed by atoms with Crippen molar-refractivity contribution in [3.8, 4) is 0 Å². The standard InChI is InChI=1S/C15H28O2/c1-2-3-4-5-6-7-10-14(16)12-13-9-8-11-15(13)17/h12,14-17H,2-11H2,1H3/b13-12+/t14-,15-/m1/s1. The zero-order valence-electron chi connectivity index (χ0n) is 11.2. The monoisotopic (exact) mass is 240 g/mol. The Morgan fingerprint density at radius 1 is 1.24 bits per heavy atom. The molecule has 2 heteroatoms. The fourth-order valence-corrected chi connectivity index (χ4v) is 2.51. The first-order valence-corrected chi connectivity index (χ1v) is 7.30. The molecule has 0 aromatic heterocycles. The SMILES string of the molecule is CCCCCCCC[C@@H](O)/C=C1\CCC[C@H]1O. The van der Waals surface area contributed by atoms with E-state index in [1.807, 2.05) is 6.08 Å². The zero-order chi connectivity index (χ0) is 12.5. The minimum Gasteiger partial charge on any atom is -0.389 e. The Kier molecular flexibility index (Phi) is 7.54. The Hall–Kier alpha value is -0.340. The quantitative estimate of drug-likeness (QED) is 0.503. The Bertz CT molecular complexity index is 223. The van der Waals surface area contributed by atoms with Crippen molar-refractivity contribution in [3.05, 3.63) is 11.6 Å². The summed E-state index contributed by atoms with van der Waals surface area (Å²) in [6.45, 7) is 2.23. The van der Waals surface area contributed by atoms with Gasteiger partial charge in [-0.1, -0.05) is 51.5 Å². The van der Waals surface area contributed by atoms with Crippen LogP contribution in [0.5, 0.6) is 0 Å². The summed E-state index contributed by atoms with van der Waals surface area (Å²) in [7, 11) is 0. The Morgan fingerprint density at radius 2 is 1.94 bits per heavy atom. The number of aliphatic hydroxyl groups excluding tert-OH is 2. The minimum absolute atomic E-state index is 0.283. The van der Waals surface area contributed by atoms with Gasteiger partial charge in [0.15, 0.2) is 0 Å². The molecule has 0 aromatic rings. The molecule has 2 N–H and O–H groups in total. The van der Waals surface area contributed by atoms with Crippen molar-refractivity contribution in [2.45, 2.75) is 83.3 Å². The molecule has 1 aliphatic carbocycles. The number of aliphatic hydroxyl groups is 2. The summed E-state index contributed by atoms with van der Waals surface area (Å²) >= 11 is 0. The molecule has 0 aromatic carbocycles. The van der Waals surface area contributed by atoms with Gasteiger partial charge >= 0.3 is 0 Å². The van der Waals surface area contributed by atoms with Gasteiger partial charge in [0.05, 0.1) is 12.2 Å². The highest BCUT2D eigenvalue weighted by Gasteiger charge is 2.18. The minimum atomic E-state index is -0.344. The van der Waals surface area contributed by atoms with Gasteiger partial charge in [-0.15, -0.1) is 0 Å². The maximum Gasteiger partial charge on any atom is 0.0751 e. The van der Waals surface area contributed by atoms with E-state index in [1.165, 1.54) is 32.1 Å². The third kappa shape index (κ3) is 6.23. The molecular formula is C15H28O2. The van der Waals surface area contributed by atoms with Gasteiger partial charge in [0.2, 0.25) is 0 Å². The van der Waals surface area contributed by atoms with E-state index in [2.05, 4.69) is 6.92 Å². The van der Waals surface area contributed by atoms with Gasteiger partial charge in [-0.3, -0.25) is 0 Å². The van der Waals surface area contributed by atoms with Gasteiger partial charge in [-0.25, -0.2) is 0 Å². The predicted octanol–water partition coefficient (Wildman–Crippen LogP) is 3.57. The summed E-state index contributed by atoms with van der Waals surface area (Å²) in [6.07, 6.45) is 12.6. The van der Waals surface area contributed by atoms with Gasteiger partial charge in [-0.2, -0.15) is 0 Å². The molecule has 2 atom stereocenters. The summed E-state index contributed by atoms with van der Waals surface area (Å²) in [5, 5.41) is 19.5. The maximum atomic E-state index is 9.84. The van der Waals surface area contributed by atoms with E-state index in [9.17, 15) is 10.2 Å². The molecule has 0 saturated heterocycles. The van der Waals surface area contributed by atoms with Crippen molar-refractivity contribution >= 4 is 0 Å². The van der Waals surface area contributed by atoms with Crippen molar-refractivity contribution < 1.29 is 10.2 Å². The van der Waals surface area contributed by atoms with Crippen molar-refractivity contribution in [2.24, 2.45) is 0 Å². The fraction of sp³-hybridized carbons (Fsp3) is 0.867. The van der Waals surface area contributed by atoms with Crippen LogP contribution in [-0.2, 0) is 0 Å². The average Bonchev–Trinajstić information content (AvgIpc) is 2.69. The van der Waals surface area contributed by atoms with Crippen LogP contribution in [-0.4, -0.2) is 22.4 Å². The lowest BCUT2D eigenvalue weighted by molar-refractivity contribution is 0.194. The molecule has 0 aliphatic heterocycles. The Morgan fingerprint density at radius 3 is 2.59 bits per heavy atom. The first-order chi connectivity index (χ1) is 8.24. The van der Waals surface area contributed by atoms with Crippen LogP contribution < -0.4 is 0 Å². The third-order valence-corrected chi connectivity index (χ3v) is 3.63. The topological polar surface area (TPSA) is 40.5 Å². The zero-order valence-corrected chi connectivity index (χ0v) is 11.2. The maximum absolute atomic E-state index is 9.84. The highest BCUT2D eigenvalue weighted by Crippen LogP contribution is 2.25. The van der Waals surface area contributed by atoms with Crippen LogP contribution in [0.3, 0.4) is 0 Å². The molecule has 17 heavy (non-hydrogen) atoms. The lowest BCUT2D eigenvalue weighted by atomic mass is 10.0. The van der Waals surface area contributed by atoms with Gasteiger partial charge in [0.1, 0.15) is 0 Å². The highest BCUT2D eigenvalue weighted by molar-refractivity contribution is 5.14. The van der Waals surface area contributed by atoms with E-state index >= 15 is 0 Å². The summed E-state index contributed by atoms with van der Waals surface area (Å²) in [6, 6.07) is 0. The molecule has 0 radical (unpaired) electrons. The molecule has 0 amide bonds. The molecule has 0 spiro atoms. The molecule has 0 unspecified atom stereocenters. The molecule has 1 rings (SSSR count). The van der Waals surface area contributed by atoms with E-state index in [1.54, 1.807) is 0 Å². The molecule has 1 fully saturated rings. The van der Waals surface area contributed by atoms with Gasteiger partial charge < -0.3 is 10.2 Å². The number of rotatable bonds is 8. The molecule has 2 nitrogen and oxygen atoms in total. The summed E-state index contributed by atoms with van der Waals surface area (Å²) < 4.78 is 0. The molecule has 100 valence electrons. The van der Waals surface area contributed by atoms with E-state index in [-0.39, 0.29) is 12.2 Å². The number of hydrogen-bond donors (Lipinski definition) is 2. The highest BCUT2D eigenvalue weighted by atomic mass is 16.3. The summed E-state index contributed by atoms with van der Waals surface area (Å²) in [5.74, 6) is 0. The van der Waals surface area contributed by atoms with Crippen LogP contribution in [0.15, 0.2) is 11.6 Å². The second kappa shape index (κ2) is 8.71. The normalized spacial score (nSPS) is 24.4. The smallest absolute Gasteiger partial charge is 0.0751 e. The summed E-state index contributed by atoms with van der Waals surface area (Å²) in [4.78, 5) is 0. The van der Waals surface area contributed by atoms with Crippen LogP contribution >= 0.6 is 0 Å². The van der Waals surface area contributed by atoms with E-state index < -0.39 is 0 Å². The van der Waals surface area contributed by atoms with Crippen LogP contribution in [0.25, 0.3) is 0 Å². The third-order valence-electron chi connectivity index (χ3n) is 3.63. The molecule has 0 heterocycles. The van der Waals surface area contributed by atoms with Crippen LogP contribution in [0.1, 0.15) is 71.1 Å². The lowest BCUT2D eigenvalue weighted by Gasteiger charge is -2.09. The van der Waals surface area contributed by atoms with Crippen LogP contribution in [0.4, 0.5) is 0 Å². The first kappa shape index (κ1) is 14.7. The van der Waals surface area contributed by atoms with Gasteiger partial charge in [0, 0.05) is 0 Å². The largest absolute Gasteiger partial charge is 0.389 e. The van der Waals surface area contributed by atoms with Crippen molar-refractivity contribution in [3.63, 3.8) is 0 Å². The average molecular weight is 240 g/mol. The van der Waals surface area contributed by atoms with Crippen molar-refractivity contribution in [1.82, 2.24) is 0 Å². The Labute approximate surface area is 106 Å². The van der Waals surface area contributed by atoms with Crippen molar-refractivity contribution in [1.29, 1.82) is 0 Å². The summed E-state index contributed by atoms with van der Waals surface area (Å²) in [5.41, 5.74) is 1.06. The van der Waals surface area contributed by atoms with Gasteiger partial charge in [0.25, 0.3) is 0 Å². The molecule has 0 bridgehead atoms. The lowest BCUT2D eigenvalue weighted by Crippen LogP contribution is -2.08. The number of unbranched alkanes of at least 4 members (excludes halogenated alkanes) is 5. The van der Waals surface area contributed by atoms with E-state index in [0.717, 1.165) is 37.7 Å². The molecular weight excluding hydrogens is 212 g/mol. The van der Waals surface area contributed by atoms with Crippen molar-refractivity contribution in [2.75, 3.05) is 0 Å². The predicted molar refractivity (Wildman–Crippen MR) is 71.9 cm³/mol. The second-order valence-corrected chi connectivity index (χ2v) is 5.27. The van der Waals surface area contributed by atoms with Gasteiger partial charge in [-0.05, 0) is 31.3 Å². The van der Waals surface area contributed by atoms with E-state index in [4.69, 9.17) is 0 Å². The van der Waals surface area contributed by atoms with E-state index in [0.29, 0.717) is 0 Å². The van der Waals surface area contributed by atoms with Crippen LogP contribution in [0, 0.1) is 0 Å². The molecule has 1 aliphatic rings. The second-order valence-electron chi connectivity index (χ2n) is 5.27. The number of hydrogen-bond acceptors (Lipinski definition) is 2. The van der Waals surface area contributed by atoms with Crippen LogP contribution in [0.2, 0.25) is 0 Å².